The number of primary amides is 1. The molecule has 0 bridgehead atoms. The van der Waals surface area contributed by atoms with Crippen molar-refractivity contribution in [3.63, 3.8) is 0 Å². The Morgan fingerprint density at radius 1 is 0.897 bits per heavy atom. The lowest BCUT2D eigenvalue weighted by Crippen LogP contribution is -2.47. The highest BCUT2D eigenvalue weighted by molar-refractivity contribution is 5.98. The molecule has 1 atom stereocenters. The van der Waals surface area contributed by atoms with Crippen LogP contribution in [0.15, 0.2) is 66.7 Å². The summed E-state index contributed by atoms with van der Waals surface area (Å²) in [5.74, 6) is -1.17. The Kier molecular flexibility index (Phi) is 4.93. The summed E-state index contributed by atoms with van der Waals surface area (Å²) < 4.78 is 0. The van der Waals surface area contributed by atoms with Gasteiger partial charge in [-0.05, 0) is 52.8 Å². The summed E-state index contributed by atoms with van der Waals surface area (Å²) in [5, 5.41) is 2.91. The highest BCUT2D eigenvalue weighted by atomic mass is 16.2. The SMILES string of the molecule is Cc1ccc(C[C@@H](NC(=O)C2c3ccccc3-c3ccccc32)C(N)=O)cc1C. The molecule has 3 N–H and O–H groups in total. The topological polar surface area (TPSA) is 72.2 Å². The Labute approximate surface area is 170 Å². The van der Waals surface area contributed by atoms with E-state index in [0.717, 1.165) is 33.4 Å². The monoisotopic (exact) mass is 384 g/mol. The summed E-state index contributed by atoms with van der Waals surface area (Å²) in [4.78, 5) is 25.4. The van der Waals surface area contributed by atoms with Gasteiger partial charge in [0, 0.05) is 6.42 Å². The fourth-order valence-electron chi connectivity index (χ4n) is 4.08. The zero-order chi connectivity index (χ0) is 20.5. The maximum Gasteiger partial charge on any atom is 0.240 e. The molecule has 0 aliphatic heterocycles. The molecule has 0 saturated heterocycles. The van der Waals surface area contributed by atoms with Crippen LogP contribution in [0.25, 0.3) is 11.1 Å². The predicted molar refractivity (Wildman–Crippen MR) is 114 cm³/mol. The quantitative estimate of drug-likeness (QED) is 0.705. The summed E-state index contributed by atoms with van der Waals surface area (Å²) in [6.45, 7) is 4.07. The number of fused-ring (bicyclic) bond motifs is 3. The average Bonchev–Trinajstić information content (AvgIpc) is 3.04. The molecule has 0 aromatic heterocycles. The predicted octanol–water partition coefficient (Wildman–Crippen LogP) is 3.63. The lowest BCUT2D eigenvalue weighted by Gasteiger charge is -2.20. The third-order valence-electron chi connectivity index (χ3n) is 5.77. The Morgan fingerprint density at radius 3 is 2.03 bits per heavy atom. The molecule has 1 aliphatic carbocycles. The molecule has 2 amide bonds. The van der Waals surface area contributed by atoms with Crippen LogP contribution in [0.4, 0.5) is 0 Å². The molecule has 4 heteroatoms. The number of aryl methyl sites for hydroxylation is 2. The zero-order valence-electron chi connectivity index (χ0n) is 16.6. The molecule has 29 heavy (non-hydrogen) atoms. The van der Waals surface area contributed by atoms with E-state index in [4.69, 9.17) is 5.73 Å². The van der Waals surface area contributed by atoms with Gasteiger partial charge in [-0.15, -0.1) is 0 Å². The van der Waals surface area contributed by atoms with E-state index in [2.05, 4.69) is 5.32 Å². The number of nitrogens with two attached hydrogens (primary N) is 1. The van der Waals surface area contributed by atoms with Gasteiger partial charge < -0.3 is 11.1 Å². The molecule has 3 aromatic carbocycles. The summed E-state index contributed by atoms with van der Waals surface area (Å²) in [6, 6.07) is 21.1. The molecule has 0 spiro atoms. The minimum absolute atomic E-state index is 0.199. The van der Waals surface area contributed by atoms with Gasteiger partial charge in [0.1, 0.15) is 6.04 Å². The summed E-state index contributed by atoms with van der Waals surface area (Å²) in [5.41, 5.74) is 13.0. The third-order valence-corrected chi connectivity index (χ3v) is 5.77. The molecule has 4 nitrogen and oxygen atoms in total. The van der Waals surface area contributed by atoms with Crippen molar-refractivity contribution in [3.05, 3.63) is 94.5 Å². The van der Waals surface area contributed by atoms with E-state index in [-0.39, 0.29) is 5.91 Å². The highest BCUT2D eigenvalue weighted by Gasteiger charge is 2.34. The first-order chi connectivity index (χ1) is 14.0. The van der Waals surface area contributed by atoms with E-state index >= 15 is 0 Å². The first-order valence-electron chi connectivity index (χ1n) is 9.79. The fourth-order valence-corrected chi connectivity index (χ4v) is 4.08. The van der Waals surface area contributed by atoms with E-state index in [0.29, 0.717) is 6.42 Å². The summed E-state index contributed by atoms with van der Waals surface area (Å²) in [7, 11) is 0. The van der Waals surface area contributed by atoms with Gasteiger partial charge >= 0.3 is 0 Å². The Bertz CT molecular complexity index is 1060. The van der Waals surface area contributed by atoms with Crippen LogP contribution in [-0.2, 0) is 16.0 Å². The van der Waals surface area contributed by atoms with Gasteiger partial charge in [0.15, 0.2) is 0 Å². The van der Waals surface area contributed by atoms with Crippen molar-refractivity contribution in [2.75, 3.05) is 0 Å². The Hall–Kier alpha value is -3.40. The van der Waals surface area contributed by atoms with Gasteiger partial charge in [0.2, 0.25) is 11.8 Å². The average molecular weight is 384 g/mol. The second-order valence-corrected chi connectivity index (χ2v) is 7.69. The number of nitrogens with one attached hydrogen (secondary N) is 1. The lowest BCUT2D eigenvalue weighted by atomic mass is 9.95. The maximum atomic E-state index is 13.3. The van der Waals surface area contributed by atoms with Crippen LogP contribution in [-0.4, -0.2) is 17.9 Å². The standard InChI is InChI=1S/C25H24N2O2/c1-15-11-12-17(13-16(15)2)14-22(24(26)28)27-25(29)23-20-9-5-3-7-18(20)19-8-4-6-10-21(19)23/h3-13,22-23H,14H2,1-2H3,(H2,26,28)(H,27,29)/t22-/m1/s1. The summed E-state index contributed by atoms with van der Waals surface area (Å²) in [6.07, 6.45) is 0.373. The van der Waals surface area contributed by atoms with Crippen molar-refractivity contribution in [3.8, 4) is 11.1 Å². The Balaban J connectivity index is 1.61. The van der Waals surface area contributed by atoms with Crippen molar-refractivity contribution in [2.45, 2.75) is 32.2 Å². The van der Waals surface area contributed by atoms with Gasteiger partial charge in [0.05, 0.1) is 5.92 Å². The van der Waals surface area contributed by atoms with Crippen molar-refractivity contribution in [1.82, 2.24) is 5.32 Å². The minimum Gasteiger partial charge on any atom is -0.368 e. The van der Waals surface area contributed by atoms with E-state index in [1.165, 1.54) is 5.56 Å². The highest BCUT2D eigenvalue weighted by Crippen LogP contribution is 2.44. The molecular formula is C25H24N2O2. The minimum atomic E-state index is -0.760. The van der Waals surface area contributed by atoms with Crippen LogP contribution in [0.5, 0.6) is 0 Å². The smallest absolute Gasteiger partial charge is 0.240 e. The molecule has 0 unspecified atom stereocenters. The van der Waals surface area contributed by atoms with Crippen LogP contribution >= 0.6 is 0 Å². The zero-order valence-corrected chi connectivity index (χ0v) is 16.6. The molecule has 0 radical (unpaired) electrons. The van der Waals surface area contributed by atoms with Crippen LogP contribution in [0.1, 0.15) is 33.7 Å². The Morgan fingerprint density at radius 2 is 1.48 bits per heavy atom. The van der Waals surface area contributed by atoms with Gasteiger partial charge in [0.25, 0.3) is 0 Å². The first-order valence-corrected chi connectivity index (χ1v) is 9.79. The molecule has 146 valence electrons. The number of rotatable bonds is 5. The fraction of sp³-hybridized carbons (Fsp3) is 0.200. The van der Waals surface area contributed by atoms with Gasteiger partial charge in [-0.3, -0.25) is 9.59 Å². The number of amides is 2. The number of hydrogen-bond acceptors (Lipinski definition) is 2. The molecule has 0 saturated carbocycles. The van der Waals surface area contributed by atoms with Crippen molar-refractivity contribution < 1.29 is 9.59 Å². The second kappa shape index (κ2) is 7.55. The third kappa shape index (κ3) is 3.54. The van der Waals surface area contributed by atoms with Gasteiger partial charge in [-0.25, -0.2) is 0 Å². The molecule has 3 aromatic rings. The molecule has 4 rings (SSSR count). The van der Waals surface area contributed by atoms with Crippen molar-refractivity contribution >= 4 is 11.8 Å². The van der Waals surface area contributed by atoms with Gasteiger partial charge in [-0.1, -0.05) is 66.7 Å². The number of carbonyl (C=O) groups is 2. The maximum absolute atomic E-state index is 13.3. The van der Waals surface area contributed by atoms with E-state index < -0.39 is 17.9 Å². The van der Waals surface area contributed by atoms with Crippen LogP contribution in [0.2, 0.25) is 0 Å². The molecular weight excluding hydrogens is 360 g/mol. The van der Waals surface area contributed by atoms with E-state index in [1.807, 2.05) is 80.6 Å². The van der Waals surface area contributed by atoms with Crippen molar-refractivity contribution in [1.29, 1.82) is 0 Å². The van der Waals surface area contributed by atoms with Crippen LogP contribution in [0, 0.1) is 13.8 Å². The molecule has 0 fully saturated rings. The second-order valence-electron chi connectivity index (χ2n) is 7.69. The van der Waals surface area contributed by atoms with Crippen LogP contribution in [0.3, 0.4) is 0 Å². The summed E-state index contributed by atoms with van der Waals surface area (Å²) >= 11 is 0. The number of hydrogen-bond donors (Lipinski definition) is 2. The van der Waals surface area contributed by atoms with Crippen LogP contribution < -0.4 is 11.1 Å². The number of benzene rings is 3. The normalized spacial score (nSPS) is 13.4. The van der Waals surface area contributed by atoms with E-state index in [9.17, 15) is 9.59 Å². The lowest BCUT2D eigenvalue weighted by molar-refractivity contribution is -0.127. The first kappa shape index (κ1) is 18.9. The molecule has 1 aliphatic rings. The largest absolute Gasteiger partial charge is 0.368 e. The van der Waals surface area contributed by atoms with Gasteiger partial charge in [-0.2, -0.15) is 0 Å². The van der Waals surface area contributed by atoms with E-state index in [1.54, 1.807) is 0 Å². The van der Waals surface area contributed by atoms with Crippen molar-refractivity contribution in [2.24, 2.45) is 5.73 Å². The molecule has 0 heterocycles. The number of carbonyl (C=O) groups excluding carboxylic acids is 2.